The van der Waals surface area contributed by atoms with Gasteiger partial charge < -0.3 is 10.0 Å². The van der Waals surface area contributed by atoms with Gasteiger partial charge in [-0.3, -0.25) is 0 Å². The second kappa shape index (κ2) is 3.65. The zero-order valence-corrected chi connectivity index (χ0v) is 8.83. The third-order valence-corrected chi connectivity index (χ3v) is 2.06. The summed E-state index contributed by atoms with van der Waals surface area (Å²) < 4.78 is 0. The minimum atomic E-state index is -0.919. The van der Waals surface area contributed by atoms with Gasteiger partial charge in [-0.15, -0.1) is 0 Å². The summed E-state index contributed by atoms with van der Waals surface area (Å²) >= 11 is 0. The zero-order chi connectivity index (χ0) is 10.9. The molecule has 0 unspecified atom stereocenters. The number of hydrogen-bond donors (Lipinski definition) is 1. The van der Waals surface area contributed by atoms with Gasteiger partial charge in [0.25, 0.3) is 0 Å². The minimum absolute atomic E-state index is 0.301. The molecule has 0 bridgehead atoms. The number of hydrogen-bond acceptors (Lipinski definition) is 3. The Morgan fingerprint density at radius 1 is 1.43 bits per heavy atom. The van der Waals surface area contributed by atoms with E-state index in [4.69, 9.17) is 5.11 Å². The van der Waals surface area contributed by atoms with Crippen molar-refractivity contribution in [2.24, 2.45) is 0 Å². The number of pyridine rings is 1. The van der Waals surface area contributed by atoms with Crippen LogP contribution >= 0.6 is 0 Å². The van der Waals surface area contributed by atoms with Crippen LogP contribution in [0.15, 0.2) is 6.07 Å². The van der Waals surface area contributed by atoms with Crippen LogP contribution in [-0.4, -0.2) is 30.2 Å². The maximum atomic E-state index is 10.9. The standard InChI is InChI=1S/C10H14N2O2/c1-6-5-8(12(3)4)11-7(2)9(6)10(13)14/h5H,1-4H3,(H,13,14). The fourth-order valence-electron chi connectivity index (χ4n) is 1.36. The van der Waals surface area contributed by atoms with Crippen LogP contribution in [0.3, 0.4) is 0 Å². The van der Waals surface area contributed by atoms with E-state index in [1.165, 1.54) is 0 Å². The zero-order valence-electron chi connectivity index (χ0n) is 8.83. The van der Waals surface area contributed by atoms with E-state index in [1.54, 1.807) is 19.9 Å². The Kier molecular flexibility index (Phi) is 2.74. The van der Waals surface area contributed by atoms with Crippen molar-refractivity contribution in [1.82, 2.24) is 4.98 Å². The Hall–Kier alpha value is -1.58. The van der Waals surface area contributed by atoms with Gasteiger partial charge in [-0.05, 0) is 25.5 Å². The fourth-order valence-corrected chi connectivity index (χ4v) is 1.36. The quantitative estimate of drug-likeness (QED) is 0.774. The molecule has 0 saturated heterocycles. The molecule has 0 amide bonds. The van der Waals surface area contributed by atoms with Gasteiger partial charge >= 0.3 is 5.97 Å². The second-order valence-electron chi connectivity index (χ2n) is 3.46. The number of carboxylic acids is 1. The summed E-state index contributed by atoms with van der Waals surface area (Å²) in [6.07, 6.45) is 0. The number of carbonyl (C=O) groups is 1. The van der Waals surface area contributed by atoms with Crippen LogP contribution in [0.5, 0.6) is 0 Å². The number of carboxylic acid groups (broad SMARTS) is 1. The van der Waals surface area contributed by atoms with Crippen LogP contribution in [-0.2, 0) is 0 Å². The van der Waals surface area contributed by atoms with Crippen molar-refractivity contribution in [3.05, 3.63) is 22.9 Å². The molecule has 14 heavy (non-hydrogen) atoms. The van der Waals surface area contributed by atoms with Crippen molar-refractivity contribution in [3.63, 3.8) is 0 Å². The predicted octanol–water partition coefficient (Wildman–Crippen LogP) is 1.46. The molecule has 4 nitrogen and oxygen atoms in total. The van der Waals surface area contributed by atoms with Crippen molar-refractivity contribution in [2.45, 2.75) is 13.8 Å². The molecule has 0 aliphatic carbocycles. The average molecular weight is 194 g/mol. The van der Waals surface area contributed by atoms with Crippen molar-refractivity contribution in [2.75, 3.05) is 19.0 Å². The Morgan fingerprint density at radius 2 is 2.00 bits per heavy atom. The summed E-state index contributed by atoms with van der Waals surface area (Å²) in [5.74, 6) is -0.136. The van der Waals surface area contributed by atoms with E-state index in [0.29, 0.717) is 11.3 Å². The molecule has 0 atom stereocenters. The van der Waals surface area contributed by atoms with Crippen molar-refractivity contribution in [3.8, 4) is 0 Å². The molecule has 1 aromatic rings. The van der Waals surface area contributed by atoms with Crippen LogP contribution in [0, 0.1) is 13.8 Å². The van der Waals surface area contributed by atoms with Crippen molar-refractivity contribution in [1.29, 1.82) is 0 Å². The van der Waals surface area contributed by atoms with E-state index >= 15 is 0 Å². The molecule has 76 valence electrons. The summed E-state index contributed by atoms with van der Waals surface area (Å²) in [7, 11) is 3.75. The van der Waals surface area contributed by atoms with E-state index in [2.05, 4.69) is 4.98 Å². The van der Waals surface area contributed by atoms with Gasteiger partial charge in [0.1, 0.15) is 5.82 Å². The largest absolute Gasteiger partial charge is 0.478 e. The molecule has 1 N–H and O–H groups in total. The van der Waals surface area contributed by atoms with Gasteiger partial charge in [0.05, 0.1) is 11.3 Å². The molecular formula is C10H14N2O2. The summed E-state index contributed by atoms with van der Waals surface area (Å²) in [6.45, 7) is 3.49. The normalized spacial score (nSPS) is 10.0. The summed E-state index contributed by atoms with van der Waals surface area (Å²) in [5, 5.41) is 8.92. The van der Waals surface area contributed by atoms with E-state index < -0.39 is 5.97 Å². The minimum Gasteiger partial charge on any atom is -0.478 e. The third kappa shape index (κ3) is 1.84. The van der Waals surface area contributed by atoms with Gasteiger partial charge in [0.15, 0.2) is 0 Å². The van der Waals surface area contributed by atoms with Crippen LogP contribution in [0.2, 0.25) is 0 Å². The number of aryl methyl sites for hydroxylation is 2. The first kappa shape index (κ1) is 10.5. The highest BCUT2D eigenvalue weighted by Gasteiger charge is 2.13. The highest BCUT2D eigenvalue weighted by molar-refractivity contribution is 5.90. The van der Waals surface area contributed by atoms with E-state index in [0.717, 1.165) is 11.4 Å². The van der Waals surface area contributed by atoms with Crippen LogP contribution in [0.25, 0.3) is 0 Å². The van der Waals surface area contributed by atoms with Gasteiger partial charge in [0.2, 0.25) is 0 Å². The molecule has 0 aliphatic heterocycles. The molecule has 1 heterocycles. The third-order valence-electron chi connectivity index (χ3n) is 2.06. The van der Waals surface area contributed by atoms with Gasteiger partial charge in [-0.25, -0.2) is 9.78 Å². The molecular weight excluding hydrogens is 180 g/mol. The SMILES string of the molecule is Cc1cc(N(C)C)nc(C)c1C(=O)O. The molecule has 0 fully saturated rings. The van der Waals surface area contributed by atoms with E-state index in [-0.39, 0.29) is 0 Å². The highest BCUT2D eigenvalue weighted by atomic mass is 16.4. The smallest absolute Gasteiger partial charge is 0.337 e. The Morgan fingerprint density at radius 3 is 2.36 bits per heavy atom. The Bertz CT molecular complexity index is 349. The van der Waals surface area contributed by atoms with Crippen molar-refractivity contribution >= 4 is 11.8 Å². The molecule has 4 heteroatoms. The predicted molar refractivity (Wildman–Crippen MR) is 55.0 cm³/mol. The maximum Gasteiger partial charge on any atom is 0.337 e. The lowest BCUT2D eigenvalue weighted by Gasteiger charge is -2.14. The molecule has 0 aromatic carbocycles. The number of aromatic carboxylic acids is 1. The molecule has 1 rings (SSSR count). The summed E-state index contributed by atoms with van der Waals surface area (Å²) in [5.41, 5.74) is 1.60. The van der Waals surface area contributed by atoms with Gasteiger partial charge in [0, 0.05) is 14.1 Å². The molecule has 0 radical (unpaired) electrons. The number of aromatic nitrogens is 1. The van der Waals surface area contributed by atoms with Crippen molar-refractivity contribution < 1.29 is 9.90 Å². The number of rotatable bonds is 2. The van der Waals surface area contributed by atoms with Gasteiger partial charge in [-0.2, -0.15) is 0 Å². The maximum absolute atomic E-state index is 10.9. The molecule has 0 saturated carbocycles. The number of nitrogens with zero attached hydrogens (tertiary/aromatic N) is 2. The topological polar surface area (TPSA) is 53.4 Å². The highest BCUT2D eigenvalue weighted by Crippen LogP contribution is 2.17. The summed E-state index contributed by atoms with van der Waals surface area (Å²) in [6, 6.07) is 1.77. The molecule has 0 aliphatic rings. The second-order valence-corrected chi connectivity index (χ2v) is 3.46. The average Bonchev–Trinajstić information content (AvgIpc) is 2.01. The first-order valence-corrected chi connectivity index (χ1v) is 4.32. The van der Waals surface area contributed by atoms with Crippen LogP contribution < -0.4 is 4.90 Å². The summed E-state index contributed by atoms with van der Waals surface area (Å²) in [4.78, 5) is 16.9. The number of anilines is 1. The Balaban J connectivity index is 3.32. The molecule has 0 spiro atoms. The monoisotopic (exact) mass is 194 g/mol. The van der Waals surface area contributed by atoms with Crippen LogP contribution in [0.4, 0.5) is 5.82 Å². The molecule has 1 aromatic heterocycles. The Labute approximate surface area is 83.2 Å². The first-order valence-electron chi connectivity index (χ1n) is 4.32. The van der Waals surface area contributed by atoms with E-state index in [9.17, 15) is 4.79 Å². The lowest BCUT2D eigenvalue weighted by atomic mass is 10.1. The van der Waals surface area contributed by atoms with Gasteiger partial charge in [-0.1, -0.05) is 0 Å². The lowest BCUT2D eigenvalue weighted by molar-refractivity contribution is 0.0695. The van der Waals surface area contributed by atoms with Crippen LogP contribution in [0.1, 0.15) is 21.6 Å². The van der Waals surface area contributed by atoms with E-state index in [1.807, 2.05) is 19.0 Å². The lowest BCUT2D eigenvalue weighted by Crippen LogP contribution is -2.14. The first-order chi connectivity index (χ1) is 6.43. The fraction of sp³-hybridized carbons (Fsp3) is 0.400.